The average Bonchev–Trinajstić information content (AvgIpc) is 2.39. The predicted octanol–water partition coefficient (Wildman–Crippen LogP) is 3.28. The fourth-order valence-corrected chi connectivity index (χ4v) is 1.50. The van der Waals surface area contributed by atoms with Gasteiger partial charge in [0.05, 0.1) is 5.69 Å². The van der Waals surface area contributed by atoms with Gasteiger partial charge in [0.15, 0.2) is 11.5 Å². The Bertz CT molecular complexity index is 633. The number of halogens is 2. The summed E-state index contributed by atoms with van der Waals surface area (Å²) in [5, 5.41) is 11.4. The van der Waals surface area contributed by atoms with E-state index >= 15 is 0 Å². The Morgan fingerprint density at radius 2 is 2.06 bits per heavy atom. The first-order chi connectivity index (χ1) is 8.63. The van der Waals surface area contributed by atoms with E-state index < -0.39 is 11.6 Å². The first-order valence-corrected chi connectivity index (χ1v) is 5.20. The third kappa shape index (κ3) is 2.13. The molecule has 0 fully saturated rings. The maximum atomic E-state index is 13.8. The Hall–Kier alpha value is -2.48. The van der Waals surface area contributed by atoms with Gasteiger partial charge in [0.2, 0.25) is 0 Å². The molecule has 90 valence electrons. The van der Waals surface area contributed by atoms with Gasteiger partial charge >= 0.3 is 0 Å². The predicted molar refractivity (Wildman–Crippen MR) is 63.3 cm³/mol. The van der Waals surface area contributed by atoms with Crippen molar-refractivity contribution in [2.75, 3.05) is 5.32 Å². The van der Waals surface area contributed by atoms with Gasteiger partial charge in [-0.25, -0.2) is 13.8 Å². The minimum absolute atomic E-state index is 0.0813. The van der Waals surface area contributed by atoms with Crippen LogP contribution in [0.4, 0.5) is 20.2 Å². The van der Waals surface area contributed by atoms with Gasteiger partial charge in [0, 0.05) is 6.20 Å². The van der Waals surface area contributed by atoms with Crippen molar-refractivity contribution in [2.45, 2.75) is 6.92 Å². The van der Waals surface area contributed by atoms with Crippen LogP contribution in [0.1, 0.15) is 11.3 Å². The van der Waals surface area contributed by atoms with Crippen LogP contribution in [0.25, 0.3) is 0 Å². The Labute approximate surface area is 103 Å². The minimum Gasteiger partial charge on any atom is -0.348 e. The molecule has 1 aromatic carbocycles. The number of anilines is 2. The molecule has 0 radical (unpaired) electrons. The molecule has 0 amide bonds. The Morgan fingerprint density at radius 1 is 1.28 bits per heavy atom. The number of aryl methyl sites for hydroxylation is 1. The highest BCUT2D eigenvalue weighted by Gasteiger charge is 2.13. The molecule has 1 heterocycles. The van der Waals surface area contributed by atoms with Crippen LogP contribution in [-0.2, 0) is 0 Å². The van der Waals surface area contributed by atoms with E-state index in [4.69, 9.17) is 5.26 Å². The lowest BCUT2D eigenvalue weighted by molar-refractivity contribution is 0.585. The molecule has 5 heteroatoms. The van der Waals surface area contributed by atoms with Crippen LogP contribution in [0.5, 0.6) is 0 Å². The zero-order valence-electron chi connectivity index (χ0n) is 9.54. The van der Waals surface area contributed by atoms with Crippen LogP contribution in [0.15, 0.2) is 30.5 Å². The number of rotatable bonds is 2. The normalized spacial score (nSPS) is 9.89. The average molecular weight is 245 g/mol. The summed E-state index contributed by atoms with van der Waals surface area (Å²) in [5.74, 6) is -1.39. The Balaban J connectivity index is 2.47. The second-order valence-corrected chi connectivity index (χ2v) is 3.69. The molecule has 0 aliphatic heterocycles. The number of nitriles is 1. The summed E-state index contributed by atoms with van der Waals surface area (Å²) in [6.45, 7) is 1.54. The highest BCUT2D eigenvalue weighted by atomic mass is 19.1. The fourth-order valence-electron chi connectivity index (χ4n) is 1.50. The van der Waals surface area contributed by atoms with Gasteiger partial charge in [-0.2, -0.15) is 5.26 Å². The van der Waals surface area contributed by atoms with Crippen molar-refractivity contribution < 1.29 is 8.78 Å². The zero-order chi connectivity index (χ0) is 13.1. The van der Waals surface area contributed by atoms with Gasteiger partial charge in [-0.3, -0.25) is 0 Å². The van der Waals surface area contributed by atoms with E-state index in [2.05, 4.69) is 10.3 Å². The van der Waals surface area contributed by atoms with Crippen molar-refractivity contribution in [3.63, 3.8) is 0 Å². The molecule has 1 N–H and O–H groups in total. The van der Waals surface area contributed by atoms with Gasteiger partial charge in [-0.05, 0) is 30.7 Å². The lowest BCUT2D eigenvalue weighted by atomic mass is 10.2. The molecule has 0 saturated heterocycles. The molecule has 0 unspecified atom stereocenters. The number of hydrogen-bond donors (Lipinski definition) is 1. The number of benzene rings is 1. The Morgan fingerprint density at radius 3 is 2.78 bits per heavy atom. The quantitative estimate of drug-likeness (QED) is 0.883. The van der Waals surface area contributed by atoms with Crippen molar-refractivity contribution in [3.05, 3.63) is 53.4 Å². The number of hydrogen-bond acceptors (Lipinski definition) is 3. The molecule has 2 aromatic rings. The minimum atomic E-state index is -0.717. The summed E-state index contributed by atoms with van der Waals surface area (Å²) in [5.41, 5.74) is 0.391. The molecule has 0 aliphatic carbocycles. The molecular formula is C13H9F2N3. The summed E-state index contributed by atoms with van der Waals surface area (Å²) in [6.07, 6.45) is 1.44. The number of nitrogens with one attached hydrogen (secondary N) is 1. The molecule has 0 saturated carbocycles. The molecule has 1 aromatic heterocycles. The monoisotopic (exact) mass is 245 g/mol. The summed E-state index contributed by atoms with van der Waals surface area (Å²) < 4.78 is 27.3. The van der Waals surface area contributed by atoms with Crippen molar-refractivity contribution in [1.82, 2.24) is 4.98 Å². The molecule has 0 spiro atoms. The maximum Gasteiger partial charge on any atom is 0.163 e. The van der Waals surface area contributed by atoms with Gasteiger partial charge in [-0.1, -0.05) is 6.07 Å². The SMILES string of the molecule is Cc1ccc(F)c(Nc2cccnc2C#N)c1F. The van der Waals surface area contributed by atoms with Crippen molar-refractivity contribution in [2.24, 2.45) is 0 Å². The fraction of sp³-hybridized carbons (Fsp3) is 0.0769. The van der Waals surface area contributed by atoms with Crippen molar-refractivity contribution in [1.29, 1.82) is 5.26 Å². The van der Waals surface area contributed by atoms with E-state index in [1.165, 1.54) is 31.3 Å². The molecule has 3 nitrogen and oxygen atoms in total. The van der Waals surface area contributed by atoms with Crippen LogP contribution >= 0.6 is 0 Å². The van der Waals surface area contributed by atoms with Gasteiger partial charge in [0.1, 0.15) is 17.6 Å². The summed E-state index contributed by atoms with van der Waals surface area (Å²) in [6, 6.07) is 7.48. The topological polar surface area (TPSA) is 48.7 Å². The van der Waals surface area contributed by atoms with Crippen LogP contribution in [0, 0.1) is 29.9 Å². The van der Waals surface area contributed by atoms with Gasteiger partial charge in [-0.15, -0.1) is 0 Å². The van der Waals surface area contributed by atoms with E-state index in [-0.39, 0.29) is 17.1 Å². The number of aromatic nitrogens is 1. The highest BCUT2D eigenvalue weighted by Crippen LogP contribution is 2.26. The molecular weight excluding hydrogens is 236 g/mol. The lowest BCUT2D eigenvalue weighted by Crippen LogP contribution is -2.01. The molecule has 2 rings (SSSR count). The van der Waals surface area contributed by atoms with E-state index in [1.54, 1.807) is 6.07 Å². The first kappa shape index (κ1) is 12.0. The second-order valence-electron chi connectivity index (χ2n) is 3.69. The summed E-state index contributed by atoms with van der Waals surface area (Å²) in [4.78, 5) is 3.81. The lowest BCUT2D eigenvalue weighted by Gasteiger charge is -2.10. The number of nitrogens with zero attached hydrogens (tertiary/aromatic N) is 2. The van der Waals surface area contributed by atoms with Crippen LogP contribution < -0.4 is 5.32 Å². The van der Waals surface area contributed by atoms with E-state index in [0.717, 1.165) is 0 Å². The smallest absolute Gasteiger partial charge is 0.163 e. The Kier molecular flexibility index (Phi) is 3.20. The summed E-state index contributed by atoms with van der Waals surface area (Å²) >= 11 is 0. The van der Waals surface area contributed by atoms with Crippen LogP contribution in [0.3, 0.4) is 0 Å². The highest BCUT2D eigenvalue weighted by molar-refractivity contribution is 5.65. The zero-order valence-corrected chi connectivity index (χ0v) is 9.54. The van der Waals surface area contributed by atoms with E-state index in [9.17, 15) is 8.78 Å². The maximum absolute atomic E-state index is 13.8. The molecule has 0 aliphatic rings. The van der Waals surface area contributed by atoms with Crippen molar-refractivity contribution >= 4 is 11.4 Å². The van der Waals surface area contributed by atoms with Crippen LogP contribution in [0.2, 0.25) is 0 Å². The molecule has 18 heavy (non-hydrogen) atoms. The van der Waals surface area contributed by atoms with Gasteiger partial charge < -0.3 is 5.32 Å². The first-order valence-electron chi connectivity index (χ1n) is 5.20. The third-order valence-electron chi connectivity index (χ3n) is 2.46. The molecule has 0 atom stereocenters. The number of pyridine rings is 1. The second kappa shape index (κ2) is 4.80. The van der Waals surface area contributed by atoms with E-state index in [1.807, 2.05) is 6.07 Å². The summed E-state index contributed by atoms with van der Waals surface area (Å²) in [7, 11) is 0. The van der Waals surface area contributed by atoms with Gasteiger partial charge in [0.25, 0.3) is 0 Å². The largest absolute Gasteiger partial charge is 0.348 e. The van der Waals surface area contributed by atoms with E-state index in [0.29, 0.717) is 5.56 Å². The standard InChI is InChI=1S/C13H9F2N3/c1-8-4-5-9(14)13(12(8)15)18-10-3-2-6-17-11(10)7-16/h2-6,18H,1H3. The molecule has 0 bridgehead atoms. The van der Waals surface area contributed by atoms with Crippen LogP contribution in [-0.4, -0.2) is 4.98 Å². The third-order valence-corrected chi connectivity index (χ3v) is 2.46. The van der Waals surface area contributed by atoms with Crippen molar-refractivity contribution in [3.8, 4) is 6.07 Å².